The molecule has 16 heavy (non-hydrogen) atoms. The van der Waals surface area contributed by atoms with Crippen molar-refractivity contribution in [3.63, 3.8) is 0 Å². The Morgan fingerprint density at radius 3 is 1.75 bits per heavy atom. The van der Waals surface area contributed by atoms with Crippen LogP contribution in [0.4, 0.5) is 0 Å². The molecule has 0 saturated carbocycles. The van der Waals surface area contributed by atoms with Crippen molar-refractivity contribution in [2.75, 3.05) is 14.2 Å². The topological polar surface area (TPSA) is 52.6 Å². The second-order valence-corrected chi connectivity index (χ2v) is 4.15. The van der Waals surface area contributed by atoms with Crippen molar-refractivity contribution in [3.8, 4) is 0 Å². The van der Waals surface area contributed by atoms with E-state index < -0.39 is 17.9 Å². The first kappa shape index (κ1) is 14.7. The molecule has 0 spiro atoms. The maximum absolute atomic E-state index is 11.7. The summed E-state index contributed by atoms with van der Waals surface area (Å²) in [5.41, 5.74) is 1.17. The number of rotatable bonds is 4. The third kappa shape index (κ3) is 3.36. The molecule has 0 radical (unpaired) electrons. The summed E-state index contributed by atoms with van der Waals surface area (Å²) in [6.45, 7) is 7.30. The van der Waals surface area contributed by atoms with Gasteiger partial charge in [-0.1, -0.05) is 19.4 Å². The van der Waals surface area contributed by atoms with Gasteiger partial charge in [0.1, 0.15) is 0 Å². The molecule has 4 nitrogen and oxygen atoms in total. The standard InChI is InChI=1S/C12H20O4/c1-7(2)9(11(13)15-5)10(8(3)4)12(14)16-6/h7,9H,1-6H3. The minimum absolute atomic E-state index is 0.0172. The average Bonchev–Trinajstić information content (AvgIpc) is 2.22. The van der Waals surface area contributed by atoms with Crippen molar-refractivity contribution in [2.45, 2.75) is 27.7 Å². The van der Waals surface area contributed by atoms with E-state index in [0.717, 1.165) is 5.57 Å². The number of esters is 2. The van der Waals surface area contributed by atoms with Gasteiger partial charge in [0.15, 0.2) is 0 Å². The second-order valence-electron chi connectivity index (χ2n) is 4.15. The molecule has 4 heteroatoms. The van der Waals surface area contributed by atoms with Gasteiger partial charge in [0.2, 0.25) is 0 Å². The Morgan fingerprint density at radius 2 is 1.50 bits per heavy atom. The normalized spacial score (nSPS) is 11.9. The third-order valence-corrected chi connectivity index (χ3v) is 2.38. The van der Waals surface area contributed by atoms with E-state index >= 15 is 0 Å². The minimum atomic E-state index is -0.567. The Balaban J connectivity index is 5.39. The van der Waals surface area contributed by atoms with Crippen LogP contribution in [0.5, 0.6) is 0 Å². The largest absolute Gasteiger partial charge is 0.469 e. The highest BCUT2D eigenvalue weighted by Gasteiger charge is 2.32. The molecule has 0 fully saturated rings. The molecule has 0 amide bonds. The van der Waals surface area contributed by atoms with Gasteiger partial charge < -0.3 is 9.47 Å². The van der Waals surface area contributed by atoms with Crippen LogP contribution in [0.1, 0.15) is 27.7 Å². The molecular formula is C12H20O4. The van der Waals surface area contributed by atoms with Gasteiger partial charge in [0, 0.05) is 0 Å². The van der Waals surface area contributed by atoms with Crippen LogP contribution in [0.3, 0.4) is 0 Å². The molecule has 0 bridgehead atoms. The Hall–Kier alpha value is -1.32. The predicted octanol–water partition coefficient (Wildman–Crippen LogP) is 1.94. The molecule has 0 heterocycles. The Bertz CT molecular complexity index is 298. The molecule has 0 aromatic rings. The summed E-state index contributed by atoms with van der Waals surface area (Å²) in [7, 11) is 2.62. The van der Waals surface area contributed by atoms with Crippen LogP contribution >= 0.6 is 0 Å². The quantitative estimate of drug-likeness (QED) is 0.545. The van der Waals surface area contributed by atoms with Gasteiger partial charge in [0.25, 0.3) is 0 Å². The summed E-state index contributed by atoms with van der Waals surface area (Å²) >= 11 is 0. The summed E-state index contributed by atoms with van der Waals surface area (Å²) in [4.78, 5) is 23.3. The number of methoxy groups -OCH3 is 2. The lowest BCUT2D eigenvalue weighted by molar-refractivity contribution is -0.148. The molecule has 0 aliphatic rings. The molecule has 1 atom stereocenters. The number of hydrogen-bond donors (Lipinski definition) is 0. The highest BCUT2D eigenvalue weighted by Crippen LogP contribution is 2.25. The van der Waals surface area contributed by atoms with Gasteiger partial charge in [-0.3, -0.25) is 4.79 Å². The fraction of sp³-hybridized carbons (Fsp3) is 0.667. The number of carbonyl (C=O) groups is 2. The van der Waals surface area contributed by atoms with Crippen LogP contribution < -0.4 is 0 Å². The van der Waals surface area contributed by atoms with Crippen LogP contribution in [0, 0.1) is 11.8 Å². The van der Waals surface area contributed by atoms with Crippen LogP contribution in [0.15, 0.2) is 11.1 Å². The highest BCUT2D eigenvalue weighted by molar-refractivity contribution is 5.96. The van der Waals surface area contributed by atoms with Crippen LogP contribution in [0.25, 0.3) is 0 Å². The third-order valence-electron chi connectivity index (χ3n) is 2.38. The van der Waals surface area contributed by atoms with Crippen LogP contribution in [-0.2, 0) is 19.1 Å². The molecule has 92 valence electrons. The molecule has 1 unspecified atom stereocenters. The van der Waals surface area contributed by atoms with Crippen molar-refractivity contribution in [2.24, 2.45) is 11.8 Å². The average molecular weight is 228 g/mol. The summed E-state index contributed by atoms with van der Waals surface area (Å²) in [5.74, 6) is -1.46. The van der Waals surface area contributed by atoms with E-state index in [2.05, 4.69) is 0 Å². The number of ether oxygens (including phenoxy) is 2. The number of allylic oxidation sites excluding steroid dienone is 1. The van der Waals surface area contributed by atoms with Crippen molar-refractivity contribution in [1.29, 1.82) is 0 Å². The molecule has 0 aliphatic heterocycles. The fourth-order valence-corrected chi connectivity index (χ4v) is 1.60. The van der Waals surface area contributed by atoms with E-state index in [9.17, 15) is 9.59 Å². The molecular weight excluding hydrogens is 208 g/mol. The van der Waals surface area contributed by atoms with Crippen molar-refractivity contribution >= 4 is 11.9 Å². The monoisotopic (exact) mass is 228 g/mol. The maximum atomic E-state index is 11.7. The minimum Gasteiger partial charge on any atom is -0.469 e. The lowest BCUT2D eigenvalue weighted by Crippen LogP contribution is -2.29. The molecule has 0 N–H and O–H groups in total. The Morgan fingerprint density at radius 1 is 1.00 bits per heavy atom. The zero-order chi connectivity index (χ0) is 12.9. The van der Waals surface area contributed by atoms with E-state index in [4.69, 9.17) is 9.47 Å². The Labute approximate surface area is 96.6 Å². The van der Waals surface area contributed by atoms with E-state index in [1.54, 1.807) is 13.8 Å². The first-order chi connectivity index (χ1) is 7.36. The van der Waals surface area contributed by atoms with Crippen LogP contribution in [0.2, 0.25) is 0 Å². The van der Waals surface area contributed by atoms with Crippen molar-refractivity contribution in [1.82, 2.24) is 0 Å². The molecule has 0 saturated heterocycles. The molecule has 0 aromatic carbocycles. The van der Waals surface area contributed by atoms with Gasteiger partial charge in [-0.15, -0.1) is 0 Å². The molecule has 0 rings (SSSR count). The van der Waals surface area contributed by atoms with Gasteiger partial charge in [0.05, 0.1) is 25.7 Å². The highest BCUT2D eigenvalue weighted by atomic mass is 16.5. The lowest BCUT2D eigenvalue weighted by atomic mass is 9.86. The van der Waals surface area contributed by atoms with Gasteiger partial charge in [-0.25, -0.2) is 4.79 Å². The summed E-state index contributed by atoms with van der Waals surface area (Å²) < 4.78 is 9.41. The fourth-order valence-electron chi connectivity index (χ4n) is 1.60. The number of carbonyl (C=O) groups excluding carboxylic acids is 2. The lowest BCUT2D eigenvalue weighted by Gasteiger charge is -2.21. The first-order valence-electron chi connectivity index (χ1n) is 5.20. The zero-order valence-corrected chi connectivity index (χ0v) is 10.8. The maximum Gasteiger partial charge on any atom is 0.334 e. The summed E-state index contributed by atoms with van der Waals surface area (Å²) in [6, 6.07) is 0. The van der Waals surface area contributed by atoms with Gasteiger partial charge >= 0.3 is 11.9 Å². The Kier molecular flexibility index (Phi) is 5.78. The molecule has 0 aliphatic carbocycles. The smallest absolute Gasteiger partial charge is 0.334 e. The van der Waals surface area contributed by atoms with Crippen LogP contribution in [-0.4, -0.2) is 26.2 Å². The van der Waals surface area contributed by atoms with Crippen molar-refractivity contribution in [3.05, 3.63) is 11.1 Å². The first-order valence-corrected chi connectivity index (χ1v) is 5.20. The van der Waals surface area contributed by atoms with E-state index in [-0.39, 0.29) is 5.92 Å². The summed E-state index contributed by atoms with van der Waals surface area (Å²) in [6.07, 6.45) is 0. The van der Waals surface area contributed by atoms with E-state index in [0.29, 0.717) is 5.57 Å². The molecule has 0 aromatic heterocycles. The summed E-state index contributed by atoms with van der Waals surface area (Å²) in [5, 5.41) is 0. The zero-order valence-electron chi connectivity index (χ0n) is 10.8. The van der Waals surface area contributed by atoms with E-state index in [1.807, 2.05) is 13.8 Å². The SMILES string of the molecule is COC(=O)C(=C(C)C)C(C(=O)OC)C(C)C. The predicted molar refractivity (Wildman–Crippen MR) is 60.7 cm³/mol. The van der Waals surface area contributed by atoms with Gasteiger partial charge in [-0.2, -0.15) is 0 Å². The number of hydrogen-bond acceptors (Lipinski definition) is 4. The van der Waals surface area contributed by atoms with E-state index in [1.165, 1.54) is 14.2 Å². The van der Waals surface area contributed by atoms with Crippen molar-refractivity contribution < 1.29 is 19.1 Å². The second kappa shape index (κ2) is 6.30. The van der Waals surface area contributed by atoms with Gasteiger partial charge in [-0.05, 0) is 19.8 Å².